The fraction of sp³-hybridized carbons (Fsp3) is 0.667. The van der Waals surface area contributed by atoms with Gasteiger partial charge in [0.05, 0.1) is 12.2 Å². The monoisotopic (exact) mass is 268 g/mol. The van der Waals surface area contributed by atoms with Crippen molar-refractivity contribution in [1.82, 2.24) is 14.8 Å². The zero-order chi connectivity index (χ0) is 13.1. The van der Waals surface area contributed by atoms with E-state index in [9.17, 15) is 4.79 Å². The minimum atomic E-state index is 0.0355. The fourth-order valence-corrected chi connectivity index (χ4v) is 2.72. The van der Waals surface area contributed by atoms with E-state index in [2.05, 4.69) is 27.1 Å². The van der Waals surface area contributed by atoms with Crippen LogP contribution in [0.3, 0.4) is 0 Å². The smallest absolute Gasteiger partial charge is 0.240 e. The first-order valence-electron chi connectivity index (χ1n) is 6.19. The van der Waals surface area contributed by atoms with E-state index >= 15 is 0 Å². The molecule has 0 aliphatic carbocycles. The van der Waals surface area contributed by atoms with Crippen LogP contribution in [0.15, 0.2) is 0 Å². The fourth-order valence-electron chi connectivity index (χ4n) is 1.89. The normalized spacial score (nSPS) is 17.9. The molecular formula is C12H20N4OS. The highest BCUT2D eigenvalue weighted by atomic mass is 32.1. The highest BCUT2D eigenvalue weighted by Gasteiger charge is 2.17. The summed E-state index contributed by atoms with van der Waals surface area (Å²) in [5.41, 5.74) is 0.995. The van der Waals surface area contributed by atoms with Gasteiger partial charge in [0.25, 0.3) is 0 Å². The molecule has 6 heteroatoms. The zero-order valence-electron chi connectivity index (χ0n) is 11.2. The molecule has 0 atom stereocenters. The Labute approximate surface area is 112 Å². The lowest BCUT2D eigenvalue weighted by atomic mass is 10.3. The third kappa shape index (κ3) is 3.51. The molecule has 0 unspecified atom stereocenters. The maximum absolute atomic E-state index is 11.9. The molecule has 2 rings (SSSR count). The van der Waals surface area contributed by atoms with Crippen LogP contribution in [0.1, 0.15) is 10.6 Å². The van der Waals surface area contributed by atoms with Crippen molar-refractivity contribution in [3.63, 3.8) is 0 Å². The van der Waals surface area contributed by atoms with Crippen LogP contribution in [-0.2, 0) is 4.79 Å². The molecule has 18 heavy (non-hydrogen) atoms. The van der Waals surface area contributed by atoms with Crippen molar-refractivity contribution in [2.24, 2.45) is 0 Å². The Morgan fingerprint density at radius 2 is 2.00 bits per heavy atom. The maximum atomic E-state index is 11.9. The van der Waals surface area contributed by atoms with Crippen LogP contribution in [0.2, 0.25) is 0 Å². The first kappa shape index (κ1) is 13.5. The topological polar surface area (TPSA) is 48.5 Å². The summed E-state index contributed by atoms with van der Waals surface area (Å²) in [6.45, 7) is 8.42. The third-order valence-corrected chi connectivity index (χ3v) is 4.23. The molecule has 1 aliphatic heterocycles. The number of carbonyl (C=O) groups excluding carboxylic acids is 1. The third-order valence-electron chi connectivity index (χ3n) is 3.24. The first-order valence-corrected chi connectivity index (χ1v) is 7.01. The van der Waals surface area contributed by atoms with Gasteiger partial charge in [-0.3, -0.25) is 9.69 Å². The second kappa shape index (κ2) is 5.77. The summed E-state index contributed by atoms with van der Waals surface area (Å²) in [6, 6.07) is 0. The van der Waals surface area contributed by atoms with E-state index in [0.717, 1.165) is 36.8 Å². The van der Waals surface area contributed by atoms with Gasteiger partial charge >= 0.3 is 0 Å². The van der Waals surface area contributed by atoms with Crippen LogP contribution in [0.5, 0.6) is 0 Å². The Balaban J connectivity index is 1.81. The molecule has 0 aromatic carbocycles. The average molecular weight is 268 g/mol. The molecule has 1 amide bonds. The van der Waals surface area contributed by atoms with Gasteiger partial charge in [-0.05, 0) is 20.9 Å². The molecule has 1 saturated heterocycles. The molecule has 1 N–H and O–H groups in total. The Kier molecular flexibility index (Phi) is 4.31. The van der Waals surface area contributed by atoms with E-state index in [1.54, 1.807) is 0 Å². The molecule has 1 aromatic rings. The van der Waals surface area contributed by atoms with Crippen molar-refractivity contribution >= 4 is 22.4 Å². The molecule has 1 fully saturated rings. The summed E-state index contributed by atoms with van der Waals surface area (Å²) in [5.74, 6) is 0.0355. The van der Waals surface area contributed by atoms with Crippen LogP contribution >= 0.6 is 11.3 Å². The molecular weight excluding hydrogens is 248 g/mol. The summed E-state index contributed by atoms with van der Waals surface area (Å²) in [5, 5.41) is 3.59. The second-order valence-electron chi connectivity index (χ2n) is 4.79. The number of aryl methyl sites for hydroxylation is 2. The van der Waals surface area contributed by atoms with Gasteiger partial charge in [-0.2, -0.15) is 0 Å². The molecule has 2 heterocycles. The van der Waals surface area contributed by atoms with Crippen LogP contribution in [0.4, 0.5) is 5.13 Å². The molecule has 0 saturated carbocycles. The van der Waals surface area contributed by atoms with Crippen LogP contribution in [0, 0.1) is 13.8 Å². The van der Waals surface area contributed by atoms with Gasteiger partial charge in [-0.1, -0.05) is 0 Å². The average Bonchev–Trinajstić information content (AvgIpc) is 2.61. The number of carbonyl (C=O) groups is 1. The van der Waals surface area contributed by atoms with Crippen LogP contribution in [-0.4, -0.2) is 60.5 Å². The second-order valence-corrected chi connectivity index (χ2v) is 5.99. The Morgan fingerprint density at radius 1 is 1.33 bits per heavy atom. The minimum Gasteiger partial charge on any atom is -0.304 e. The Bertz CT molecular complexity index is 404. The molecule has 0 bridgehead atoms. The number of aromatic nitrogens is 1. The number of thiazole rings is 1. The van der Waals surface area contributed by atoms with Gasteiger partial charge in [-0.15, -0.1) is 11.3 Å². The van der Waals surface area contributed by atoms with Gasteiger partial charge in [0, 0.05) is 31.1 Å². The summed E-state index contributed by atoms with van der Waals surface area (Å²) in [6.07, 6.45) is 0. The standard InChI is InChI=1S/C12H20N4OS/c1-9-10(2)18-12(13-9)14-11(17)8-16-6-4-15(3)5-7-16/h4-8H2,1-3H3,(H,13,14,17). The molecule has 0 spiro atoms. The quantitative estimate of drug-likeness (QED) is 0.886. The zero-order valence-corrected chi connectivity index (χ0v) is 12.0. The van der Waals surface area contributed by atoms with Crippen molar-refractivity contribution in [3.8, 4) is 0 Å². The van der Waals surface area contributed by atoms with Crippen molar-refractivity contribution in [1.29, 1.82) is 0 Å². The molecule has 0 radical (unpaired) electrons. The van der Waals surface area contributed by atoms with Crippen molar-refractivity contribution in [3.05, 3.63) is 10.6 Å². The molecule has 1 aliphatic rings. The number of piperazine rings is 1. The lowest BCUT2D eigenvalue weighted by molar-refractivity contribution is -0.117. The van der Waals surface area contributed by atoms with Crippen molar-refractivity contribution in [2.75, 3.05) is 45.1 Å². The number of amides is 1. The van der Waals surface area contributed by atoms with Gasteiger partial charge in [0.15, 0.2) is 5.13 Å². The van der Waals surface area contributed by atoms with E-state index in [1.807, 2.05) is 13.8 Å². The number of nitrogens with one attached hydrogen (secondary N) is 1. The largest absolute Gasteiger partial charge is 0.304 e. The van der Waals surface area contributed by atoms with Gasteiger partial charge in [0.2, 0.25) is 5.91 Å². The maximum Gasteiger partial charge on any atom is 0.240 e. The van der Waals surface area contributed by atoms with Crippen LogP contribution in [0.25, 0.3) is 0 Å². The number of hydrogen-bond acceptors (Lipinski definition) is 5. The van der Waals surface area contributed by atoms with E-state index in [1.165, 1.54) is 11.3 Å². The van der Waals surface area contributed by atoms with Crippen LogP contribution < -0.4 is 5.32 Å². The lowest BCUT2D eigenvalue weighted by Gasteiger charge is -2.31. The summed E-state index contributed by atoms with van der Waals surface area (Å²) < 4.78 is 0. The van der Waals surface area contributed by atoms with Gasteiger partial charge < -0.3 is 10.2 Å². The number of rotatable bonds is 3. The molecule has 1 aromatic heterocycles. The lowest BCUT2D eigenvalue weighted by Crippen LogP contribution is -2.47. The summed E-state index contributed by atoms with van der Waals surface area (Å²) in [4.78, 5) is 21.8. The molecule has 100 valence electrons. The highest BCUT2D eigenvalue weighted by molar-refractivity contribution is 7.15. The number of nitrogens with zero attached hydrogens (tertiary/aromatic N) is 3. The molecule has 5 nitrogen and oxygen atoms in total. The Hall–Kier alpha value is -0.980. The first-order chi connectivity index (χ1) is 8.54. The number of likely N-dealkylation sites (N-methyl/N-ethyl adjacent to an activating group) is 1. The SMILES string of the molecule is Cc1nc(NC(=O)CN2CCN(C)CC2)sc1C. The summed E-state index contributed by atoms with van der Waals surface area (Å²) in [7, 11) is 2.11. The number of anilines is 1. The van der Waals surface area contributed by atoms with Crippen molar-refractivity contribution < 1.29 is 4.79 Å². The Morgan fingerprint density at radius 3 is 2.56 bits per heavy atom. The van der Waals surface area contributed by atoms with E-state index < -0.39 is 0 Å². The highest BCUT2D eigenvalue weighted by Crippen LogP contribution is 2.20. The number of hydrogen-bond donors (Lipinski definition) is 1. The predicted octanol–water partition coefficient (Wildman–Crippen LogP) is 0.946. The van der Waals surface area contributed by atoms with Gasteiger partial charge in [0.1, 0.15) is 0 Å². The minimum absolute atomic E-state index is 0.0355. The van der Waals surface area contributed by atoms with Gasteiger partial charge in [-0.25, -0.2) is 4.98 Å². The van der Waals surface area contributed by atoms with E-state index in [4.69, 9.17) is 0 Å². The predicted molar refractivity (Wildman–Crippen MR) is 74.2 cm³/mol. The van der Waals surface area contributed by atoms with Crippen molar-refractivity contribution in [2.45, 2.75) is 13.8 Å². The van der Waals surface area contributed by atoms with E-state index in [-0.39, 0.29) is 5.91 Å². The summed E-state index contributed by atoms with van der Waals surface area (Å²) >= 11 is 1.54. The van der Waals surface area contributed by atoms with E-state index in [0.29, 0.717) is 11.7 Å².